The van der Waals surface area contributed by atoms with E-state index in [9.17, 15) is 0 Å². The van der Waals surface area contributed by atoms with Crippen molar-refractivity contribution in [1.82, 2.24) is 10.6 Å². The smallest absolute Gasteiger partial charge is 0.191 e. The van der Waals surface area contributed by atoms with E-state index in [1.54, 1.807) is 18.4 Å². The van der Waals surface area contributed by atoms with Crippen LogP contribution in [-0.2, 0) is 13.1 Å². The van der Waals surface area contributed by atoms with Gasteiger partial charge in [0.2, 0.25) is 0 Å². The molecule has 23 heavy (non-hydrogen) atoms. The number of nitrogens with zero attached hydrogens (tertiary/aromatic N) is 1. The van der Waals surface area contributed by atoms with Gasteiger partial charge in [0.15, 0.2) is 5.96 Å². The van der Waals surface area contributed by atoms with Gasteiger partial charge >= 0.3 is 0 Å². The van der Waals surface area contributed by atoms with Gasteiger partial charge in [-0.2, -0.15) is 0 Å². The lowest BCUT2D eigenvalue weighted by Gasteiger charge is -2.12. The Labute approximate surface area is 142 Å². The number of nitrogens with one attached hydrogen (secondary N) is 2. The summed E-state index contributed by atoms with van der Waals surface area (Å²) in [5, 5.41) is 6.66. The van der Waals surface area contributed by atoms with Crippen molar-refractivity contribution in [3.05, 3.63) is 51.2 Å². The number of guanidine groups is 1. The van der Waals surface area contributed by atoms with Crippen LogP contribution in [0.25, 0.3) is 0 Å². The van der Waals surface area contributed by atoms with Crippen LogP contribution < -0.4 is 15.4 Å². The van der Waals surface area contributed by atoms with E-state index < -0.39 is 0 Å². The van der Waals surface area contributed by atoms with Crippen LogP contribution in [-0.4, -0.2) is 19.6 Å². The standard InChI is InChI=1S/C18H25N3OS/c1-5-19-18(21-12-16-9-7-14(3)23-16)20-11-15-8-6-13(2)10-17(15)22-4/h6-10H,5,11-12H2,1-4H3,(H2,19,20,21). The highest BCUT2D eigenvalue weighted by Gasteiger charge is 2.04. The molecule has 0 radical (unpaired) electrons. The molecule has 2 rings (SSSR count). The number of hydrogen-bond acceptors (Lipinski definition) is 3. The SMILES string of the molecule is CCNC(=NCc1ccc(C)cc1OC)NCc1ccc(C)s1. The zero-order chi connectivity index (χ0) is 16.7. The van der Waals surface area contributed by atoms with E-state index in [2.05, 4.69) is 60.7 Å². The minimum absolute atomic E-state index is 0.586. The molecule has 0 atom stereocenters. The summed E-state index contributed by atoms with van der Waals surface area (Å²) in [5.74, 6) is 1.71. The molecule has 0 aliphatic carbocycles. The summed E-state index contributed by atoms with van der Waals surface area (Å²) >= 11 is 1.80. The Kier molecular flexibility index (Phi) is 6.47. The molecular formula is C18H25N3OS. The maximum Gasteiger partial charge on any atom is 0.191 e. The molecule has 4 nitrogen and oxygen atoms in total. The molecule has 0 amide bonds. The number of aliphatic imine (C=N–C) groups is 1. The highest BCUT2D eigenvalue weighted by atomic mass is 32.1. The fourth-order valence-electron chi connectivity index (χ4n) is 2.24. The predicted molar refractivity (Wildman–Crippen MR) is 98.4 cm³/mol. The van der Waals surface area contributed by atoms with E-state index >= 15 is 0 Å². The van der Waals surface area contributed by atoms with Crippen LogP contribution >= 0.6 is 11.3 Å². The van der Waals surface area contributed by atoms with Gasteiger partial charge in [0.05, 0.1) is 20.2 Å². The van der Waals surface area contributed by atoms with Crippen LogP contribution in [0.3, 0.4) is 0 Å². The van der Waals surface area contributed by atoms with E-state index in [0.29, 0.717) is 6.54 Å². The Morgan fingerprint density at radius 1 is 1.17 bits per heavy atom. The quantitative estimate of drug-likeness (QED) is 0.628. The summed E-state index contributed by atoms with van der Waals surface area (Å²) in [6.07, 6.45) is 0. The van der Waals surface area contributed by atoms with E-state index in [-0.39, 0.29) is 0 Å². The van der Waals surface area contributed by atoms with Gasteiger partial charge in [-0.25, -0.2) is 4.99 Å². The first kappa shape index (κ1) is 17.3. The Morgan fingerprint density at radius 3 is 2.65 bits per heavy atom. The maximum absolute atomic E-state index is 5.44. The van der Waals surface area contributed by atoms with Crippen molar-refractivity contribution in [2.75, 3.05) is 13.7 Å². The van der Waals surface area contributed by atoms with E-state index in [1.807, 2.05) is 6.07 Å². The first-order valence-electron chi connectivity index (χ1n) is 7.83. The third-order valence-electron chi connectivity index (χ3n) is 3.42. The summed E-state index contributed by atoms with van der Waals surface area (Å²) in [7, 11) is 1.70. The summed E-state index contributed by atoms with van der Waals surface area (Å²) < 4.78 is 5.44. The van der Waals surface area contributed by atoms with Crippen molar-refractivity contribution in [1.29, 1.82) is 0 Å². The number of ether oxygens (including phenoxy) is 1. The zero-order valence-electron chi connectivity index (χ0n) is 14.3. The third-order valence-corrected chi connectivity index (χ3v) is 4.42. The number of thiophene rings is 1. The Hall–Kier alpha value is -2.01. The molecular weight excluding hydrogens is 306 g/mol. The van der Waals surface area contributed by atoms with Gasteiger partial charge in [-0.3, -0.25) is 0 Å². The molecule has 0 aliphatic heterocycles. The van der Waals surface area contributed by atoms with Crippen molar-refractivity contribution < 1.29 is 4.74 Å². The minimum atomic E-state index is 0.586. The van der Waals surface area contributed by atoms with Crippen molar-refractivity contribution in [3.63, 3.8) is 0 Å². The van der Waals surface area contributed by atoms with Gasteiger partial charge in [0.25, 0.3) is 0 Å². The minimum Gasteiger partial charge on any atom is -0.496 e. The van der Waals surface area contributed by atoms with E-state index in [4.69, 9.17) is 4.74 Å². The normalized spacial score (nSPS) is 11.4. The second kappa shape index (κ2) is 8.58. The van der Waals surface area contributed by atoms with Crippen molar-refractivity contribution >= 4 is 17.3 Å². The molecule has 124 valence electrons. The highest BCUT2D eigenvalue weighted by molar-refractivity contribution is 7.11. The fraction of sp³-hybridized carbons (Fsp3) is 0.389. The van der Waals surface area contributed by atoms with Crippen LogP contribution in [0.4, 0.5) is 0 Å². The van der Waals surface area contributed by atoms with Gasteiger partial charge in [0.1, 0.15) is 5.75 Å². The van der Waals surface area contributed by atoms with Crippen LogP contribution in [0.2, 0.25) is 0 Å². The van der Waals surface area contributed by atoms with Crippen LogP contribution in [0.1, 0.15) is 27.8 Å². The number of methoxy groups -OCH3 is 1. The summed E-state index contributed by atoms with van der Waals surface area (Å²) in [6, 6.07) is 10.5. The van der Waals surface area contributed by atoms with E-state index in [0.717, 1.165) is 30.4 Å². The lowest BCUT2D eigenvalue weighted by Crippen LogP contribution is -2.36. The second-order valence-corrected chi connectivity index (χ2v) is 6.75. The van der Waals surface area contributed by atoms with Crippen LogP contribution in [0.5, 0.6) is 5.75 Å². The van der Waals surface area contributed by atoms with Crippen molar-refractivity contribution in [2.45, 2.75) is 33.9 Å². The van der Waals surface area contributed by atoms with Crippen LogP contribution in [0.15, 0.2) is 35.3 Å². The average molecular weight is 331 g/mol. The number of aryl methyl sites for hydroxylation is 2. The number of rotatable bonds is 6. The molecule has 5 heteroatoms. The first-order valence-corrected chi connectivity index (χ1v) is 8.65. The summed E-state index contributed by atoms with van der Waals surface area (Å²) in [5.41, 5.74) is 2.27. The molecule has 0 bridgehead atoms. The Bertz CT molecular complexity index is 664. The molecule has 1 aromatic carbocycles. The molecule has 1 aromatic heterocycles. The predicted octanol–water partition coefficient (Wildman–Crippen LogP) is 3.63. The van der Waals surface area contributed by atoms with Crippen molar-refractivity contribution in [2.24, 2.45) is 4.99 Å². The van der Waals surface area contributed by atoms with Gasteiger partial charge in [-0.1, -0.05) is 12.1 Å². The Balaban J connectivity index is 2.03. The first-order chi connectivity index (χ1) is 11.1. The molecule has 2 aromatic rings. The molecule has 0 unspecified atom stereocenters. The molecule has 0 fully saturated rings. The van der Waals surface area contributed by atoms with E-state index in [1.165, 1.54) is 15.3 Å². The molecule has 1 heterocycles. The number of benzene rings is 1. The van der Waals surface area contributed by atoms with Gasteiger partial charge in [-0.15, -0.1) is 11.3 Å². The molecule has 0 saturated heterocycles. The number of hydrogen-bond donors (Lipinski definition) is 2. The Morgan fingerprint density at radius 2 is 2.00 bits per heavy atom. The second-order valence-electron chi connectivity index (χ2n) is 5.38. The van der Waals surface area contributed by atoms with Gasteiger partial charge in [0, 0.05) is 21.9 Å². The highest BCUT2D eigenvalue weighted by Crippen LogP contribution is 2.20. The van der Waals surface area contributed by atoms with Gasteiger partial charge < -0.3 is 15.4 Å². The molecule has 0 spiro atoms. The fourth-order valence-corrected chi connectivity index (χ4v) is 3.07. The lowest BCUT2D eigenvalue weighted by atomic mass is 10.1. The summed E-state index contributed by atoms with van der Waals surface area (Å²) in [4.78, 5) is 7.30. The van der Waals surface area contributed by atoms with Crippen LogP contribution in [0, 0.1) is 13.8 Å². The third kappa shape index (κ3) is 5.28. The molecule has 2 N–H and O–H groups in total. The lowest BCUT2D eigenvalue weighted by molar-refractivity contribution is 0.409. The molecule has 0 saturated carbocycles. The topological polar surface area (TPSA) is 45.7 Å². The average Bonchev–Trinajstić information content (AvgIpc) is 2.96. The molecule has 0 aliphatic rings. The monoisotopic (exact) mass is 331 g/mol. The van der Waals surface area contributed by atoms with Gasteiger partial charge in [-0.05, 0) is 44.5 Å². The largest absolute Gasteiger partial charge is 0.496 e. The summed E-state index contributed by atoms with van der Waals surface area (Å²) in [6.45, 7) is 8.46. The zero-order valence-corrected chi connectivity index (χ0v) is 15.1. The maximum atomic E-state index is 5.44. The van der Waals surface area contributed by atoms with Crippen molar-refractivity contribution in [3.8, 4) is 5.75 Å².